The van der Waals surface area contributed by atoms with Crippen LogP contribution in [-0.4, -0.2) is 42.1 Å². The average molecular weight is 536 g/mol. The molecule has 0 bridgehead atoms. The highest BCUT2D eigenvalue weighted by molar-refractivity contribution is 6.31. The van der Waals surface area contributed by atoms with Gasteiger partial charge in [-0.1, -0.05) is 48.9 Å². The second kappa shape index (κ2) is 9.60. The Bertz CT molecular complexity index is 1360. The second-order valence-electron chi connectivity index (χ2n) is 8.54. The first kappa shape index (κ1) is 26.3. The van der Waals surface area contributed by atoms with Crippen molar-refractivity contribution in [3.05, 3.63) is 76.8 Å². The van der Waals surface area contributed by atoms with E-state index in [1.54, 1.807) is 18.2 Å². The Morgan fingerprint density at radius 1 is 1.08 bits per heavy atom. The van der Waals surface area contributed by atoms with Gasteiger partial charge in [-0.15, -0.1) is 0 Å². The molecule has 4 rings (SSSR count). The van der Waals surface area contributed by atoms with Gasteiger partial charge < -0.3 is 24.6 Å². The third-order valence-corrected chi connectivity index (χ3v) is 6.73. The zero-order valence-electron chi connectivity index (χ0n) is 19.5. The maximum Gasteiger partial charge on any atom is 0.511 e. The summed E-state index contributed by atoms with van der Waals surface area (Å²) < 4.78 is 53.3. The number of carboxylic acid groups (broad SMARTS) is 1. The van der Waals surface area contributed by atoms with Crippen LogP contribution < -0.4 is 14.4 Å². The van der Waals surface area contributed by atoms with Crippen molar-refractivity contribution in [3.8, 4) is 22.6 Å². The number of hydrogen-bond donors (Lipinski definition) is 2. The van der Waals surface area contributed by atoms with Crippen molar-refractivity contribution in [1.82, 2.24) is 0 Å². The lowest BCUT2D eigenvalue weighted by atomic mass is 9.77. The summed E-state index contributed by atoms with van der Waals surface area (Å²) in [6.45, 7) is 0.983. The minimum absolute atomic E-state index is 0.00729. The van der Waals surface area contributed by atoms with Gasteiger partial charge in [0.2, 0.25) is 0 Å². The number of alkyl halides is 3. The fourth-order valence-electron chi connectivity index (χ4n) is 4.27. The normalized spacial score (nSPS) is 15.9. The molecule has 11 heteroatoms. The third kappa shape index (κ3) is 4.82. The number of nitrogens with zero attached hydrogens (tertiary/aromatic N) is 1. The molecule has 1 heterocycles. The van der Waals surface area contributed by atoms with E-state index >= 15 is 0 Å². The number of carbonyl (C=O) groups is 2. The Hall–Kier alpha value is -3.76. The SMILES string of the molecule is CC(c1ccc(-c2ccc(OC(=O)O)cc2)cc1Cl)C(O)(c1ccc2c(c1)N(C)C(=O)CO2)C(F)(F)F. The Kier molecular flexibility index (Phi) is 6.83. The van der Waals surface area contributed by atoms with Crippen LogP contribution in [0.2, 0.25) is 5.02 Å². The minimum atomic E-state index is -5.10. The van der Waals surface area contributed by atoms with Crippen LogP contribution in [0.4, 0.5) is 23.7 Å². The highest BCUT2D eigenvalue weighted by atomic mass is 35.5. The Morgan fingerprint density at radius 2 is 1.73 bits per heavy atom. The first-order valence-corrected chi connectivity index (χ1v) is 11.3. The molecule has 0 aromatic heterocycles. The van der Waals surface area contributed by atoms with Crippen LogP contribution in [0.1, 0.15) is 24.0 Å². The Balaban J connectivity index is 1.72. The maximum atomic E-state index is 14.5. The van der Waals surface area contributed by atoms with Crippen LogP contribution >= 0.6 is 11.6 Å². The van der Waals surface area contributed by atoms with Gasteiger partial charge >= 0.3 is 12.3 Å². The smallest absolute Gasteiger partial charge is 0.482 e. The van der Waals surface area contributed by atoms with Crippen LogP contribution in [-0.2, 0) is 10.4 Å². The molecule has 1 aliphatic rings. The maximum absolute atomic E-state index is 14.5. The van der Waals surface area contributed by atoms with Gasteiger partial charge in [0.05, 0.1) is 5.69 Å². The zero-order valence-corrected chi connectivity index (χ0v) is 20.3. The summed E-state index contributed by atoms with van der Waals surface area (Å²) >= 11 is 6.42. The summed E-state index contributed by atoms with van der Waals surface area (Å²) in [7, 11) is 1.42. The molecule has 3 aromatic rings. The first-order chi connectivity index (χ1) is 17.3. The number of fused-ring (bicyclic) bond motifs is 1. The van der Waals surface area contributed by atoms with Gasteiger partial charge in [-0.2, -0.15) is 13.2 Å². The molecule has 194 valence electrons. The van der Waals surface area contributed by atoms with Crippen LogP contribution in [0.3, 0.4) is 0 Å². The number of halogens is 4. The van der Waals surface area contributed by atoms with Crippen molar-refractivity contribution in [2.75, 3.05) is 18.6 Å². The van der Waals surface area contributed by atoms with Gasteiger partial charge in [-0.3, -0.25) is 4.79 Å². The van der Waals surface area contributed by atoms with Gasteiger partial charge in [-0.25, -0.2) is 4.79 Å². The number of anilines is 1. The molecule has 7 nitrogen and oxygen atoms in total. The number of hydrogen-bond acceptors (Lipinski definition) is 5. The van der Waals surface area contributed by atoms with Crippen molar-refractivity contribution in [3.63, 3.8) is 0 Å². The molecule has 2 atom stereocenters. The van der Waals surface area contributed by atoms with Crippen LogP contribution in [0, 0.1) is 0 Å². The molecule has 2 N–H and O–H groups in total. The van der Waals surface area contributed by atoms with Crippen molar-refractivity contribution in [2.24, 2.45) is 0 Å². The molecule has 3 aromatic carbocycles. The molecule has 0 aliphatic carbocycles. The lowest BCUT2D eigenvalue weighted by molar-refractivity contribution is -0.274. The molecular formula is C26H21ClF3NO6. The first-order valence-electron chi connectivity index (χ1n) is 11.0. The molecule has 1 amide bonds. The molecule has 2 unspecified atom stereocenters. The molecule has 37 heavy (non-hydrogen) atoms. The molecular weight excluding hydrogens is 515 g/mol. The average Bonchev–Trinajstić information content (AvgIpc) is 2.84. The second-order valence-corrected chi connectivity index (χ2v) is 8.95. The minimum Gasteiger partial charge on any atom is -0.482 e. The highest BCUT2D eigenvalue weighted by Gasteiger charge is 2.59. The topological polar surface area (TPSA) is 96.3 Å². The van der Waals surface area contributed by atoms with E-state index < -0.39 is 35.3 Å². The fourth-order valence-corrected chi connectivity index (χ4v) is 4.61. The van der Waals surface area contributed by atoms with Gasteiger partial charge in [0.25, 0.3) is 5.91 Å². The number of carbonyl (C=O) groups excluding carboxylic acids is 1. The van der Waals surface area contributed by atoms with Gasteiger partial charge in [0, 0.05) is 18.0 Å². The molecule has 0 fully saturated rings. The van der Waals surface area contributed by atoms with Crippen molar-refractivity contribution >= 4 is 29.4 Å². The molecule has 0 spiro atoms. The molecule has 1 aliphatic heterocycles. The number of likely N-dealkylation sites (N-methyl/N-ethyl adjacent to an activating group) is 1. The number of amides is 1. The van der Waals surface area contributed by atoms with E-state index in [1.165, 1.54) is 49.2 Å². The summed E-state index contributed by atoms with van der Waals surface area (Å²) in [6, 6.07) is 13.9. The Labute approximate surface area is 214 Å². The fraction of sp³-hybridized carbons (Fsp3) is 0.231. The van der Waals surface area contributed by atoms with Crippen molar-refractivity contribution in [1.29, 1.82) is 0 Å². The van der Waals surface area contributed by atoms with Gasteiger partial charge in [-0.05, 0) is 52.6 Å². The predicted molar refractivity (Wildman–Crippen MR) is 129 cm³/mol. The van der Waals surface area contributed by atoms with E-state index in [-0.39, 0.29) is 34.4 Å². The van der Waals surface area contributed by atoms with E-state index in [1.807, 2.05) is 0 Å². The van der Waals surface area contributed by atoms with E-state index in [0.29, 0.717) is 11.1 Å². The van der Waals surface area contributed by atoms with Crippen LogP contribution in [0.15, 0.2) is 60.7 Å². The van der Waals surface area contributed by atoms with Crippen molar-refractivity contribution < 1.29 is 42.4 Å². The molecule has 0 radical (unpaired) electrons. The van der Waals surface area contributed by atoms with E-state index in [2.05, 4.69) is 4.74 Å². The third-order valence-electron chi connectivity index (χ3n) is 6.40. The quantitative estimate of drug-likeness (QED) is 0.308. The monoisotopic (exact) mass is 535 g/mol. The highest BCUT2D eigenvalue weighted by Crippen LogP contribution is 2.51. The summed E-state index contributed by atoms with van der Waals surface area (Å²) in [5.74, 6) is -1.64. The molecule has 0 saturated carbocycles. The van der Waals surface area contributed by atoms with E-state index in [0.717, 1.165) is 12.1 Å². The zero-order chi connectivity index (χ0) is 27.1. The summed E-state index contributed by atoms with van der Waals surface area (Å²) in [5.41, 5.74) is -2.47. The number of benzene rings is 3. The lowest BCUT2D eigenvalue weighted by Gasteiger charge is -2.38. The van der Waals surface area contributed by atoms with Crippen molar-refractivity contribution in [2.45, 2.75) is 24.6 Å². The van der Waals surface area contributed by atoms with Gasteiger partial charge in [0.15, 0.2) is 12.2 Å². The number of rotatable bonds is 5. The van der Waals surface area contributed by atoms with E-state index in [4.69, 9.17) is 21.4 Å². The number of aliphatic hydroxyl groups is 1. The summed E-state index contributed by atoms with van der Waals surface area (Å²) in [6.07, 6.45) is -6.56. The van der Waals surface area contributed by atoms with Crippen LogP contribution in [0.25, 0.3) is 11.1 Å². The summed E-state index contributed by atoms with van der Waals surface area (Å²) in [4.78, 5) is 23.8. The largest absolute Gasteiger partial charge is 0.511 e. The summed E-state index contributed by atoms with van der Waals surface area (Å²) in [5, 5.41) is 19.9. The molecule has 0 saturated heterocycles. The lowest BCUT2D eigenvalue weighted by Crippen LogP contribution is -2.47. The van der Waals surface area contributed by atoms with E-state index in [9.17, 15) is 27.9 Å². The predicted octanol–water partition coefficient (Wildman–Crippen LogP) is 5.97. The number of ether oxygens (including phenoxy) is 2. The van der Waals surface area contributed by atoms with Crippen LogP contribution in [0.5, 0.6) is 11.5 Å². The standard InChI is InChI=1S/C26H21ClF3NO6/c1-14(19-9-5-16(11-20(19)27)15-3-7-18(8-4-15)37-24(33)34)25(35,26(28,29)30)17-6-10-22-21(12-17)31(2)23(32)13-36-22/h3-12,14,35H,13H2,1-2H3,(H,33,34). The Morgan fingerprint density at radius 3 is 2.32 bits per heavy atom. The van der Waals surface area contributed by atoms with Gasteiger partial charge in [0.1, 0.15) is 11.5 Å².